The second-order valence-corrected chi connectivity index (χ2v) is 11.2. The zero-order valence-electron chi connectivity index (χ0n) is 20.3. The molecule has 0 aliphatic rings. The molecule has 0 aromatic heterocycles. The van der Waals surface area contributed by atoms with Gasteiger partial charge in [0.15, 0.2) is 0 Å². The minimum absolute atomic E-state index is 0.167. The molecule has 0 saturated heterocycles. The summed E-state index contributed by atoms with van der Waals surface area (Å²) < 4.78 is 6.92. The molecule has 176 valence electrons. The van der Waals surface area contributed by atoms with E-state index in [9.17, 15) is 10.0 Å². The van der Waals surface area contributed by atoms with Crippen LogP contribution in [0.4, 0.5) is 0 Å². The van der Waals surface area contributed by atoms with Crippen molar-refractivity contribution in [1.82, 2.24) is 9.96 Å². The van der Waals surface area contributed by atoms with Gasteiger partial charge in [-0.25, -0.2) is 0 Å². The number of benzene rings is 2. The Morgan fingerprint density at radius 1 is 1.00 bits per heavy atom. The lowest BCUT2D eigenvalue weighted by atomic mass is 9.85. The van der Waals surface area contributed by atoms with Gasteiger partial charge in [0.2, 0.25) is 5.91 Å². The van der Waals surface area contributed by atoms with Gasteiger partial charge in [-0.05, 0) is 49.4 Å². The summed E-state index contributed by atoms with van der Waals surface area (Å²) in [7, 11) is 1.78. The van der Waals surface area contributed by atoms with Gasteiger partial charge >= 0.3 is 0 Å². The number of carbonyl (C=O) groups excluding carboxylic acids is 1. The van der Waals surface area contributed by atoms with Crippen molar-refractivity contribution >= 4 is 21.8 Å². The van der Waals surface area contributed by atoms with Gasteiger partial charge < -0.3 is 14.8 Å². The Hall–Kier alpha value is -1.73. The molecule has 0 aliphatic carbocycles. The molecule has 0 fully saturated rings. The summed E-state index contributed by atoms with van der Waals surface area (Å²) in [6.07, 6.45) is 0. The van der Waals surface area contributed by atoms with Gasteiger partial charge in [-0.1, -0.05) is 79.2 Å². The van der Waals surface area contributed by atoms with Gasteiger partial charge in [0.1, 0.15) is 6.04 Å². The molecule has 0 saturated carbocycles. The zero-order valence-corrected chi connectivity index (χ0v) is 21.9. The third kappa shape index (κ3) is 7.14. The SMILES string of the molecule is CN(C(=O)[C@H](c1ccc(Br)cc1)N(O)[C@@H](COCc1ccccc1)C(C)(C)C)C(C)(C)C. The number of hydrogen-bond donors (Lipinski definition) is 1. The largest absolute Gasteiger partial charge is 0.375 e. The van der Waals surface area contributed by atoms with Crippen LogP contribution in [0, 0.1) is 5.41 Å². The molecule has 6 heteroatoms. The average Bonchev–Trinajstić information content (AvgIpc) is 2.71. The number of hydroxylamine groups is 2. The number of likely N-dealkylation sites (N-methyl/N-ethyl adjacent to an activating group) is 1. The van der Waals surface area contributed by atoms with Gasteiger partial charge in [0.05, 0.1) is 19.3 Å². The molecular weight excluding hydrogens is 468 g/mol. The molecule has 1 amide bonds. The molecular formula is C26H37BrN2O3. The molecule has 32 heavy (non-hydrogen) atoms. The molecule has 0 heterocycles. The predicted octanol–water partition coefficient (Wildman–Crippen LogP) is 6.07. The summed E-state index contributed by atoms with van der Waals surface area (Å²) in [5, 5.41) is 12.7. The normalized spacial score (nSPS) is 14.3. The summed E-state index contributed by atoms with van der Waals surface area (Å²) in [6.45, 7) is 12.8. The Morgan fingerprint density at radius 2 is 1.56 bits per heavy atom. The Labute approximate surface area is 201 Å². The number of ether oxygens (including phenoxy) is 1. The predicted molar refractivity (Wildman–Crippen MR) is 132 cm³/mol. The molecule has 0 aliphatic heterocycles. The highest BCUT2D eigenvalue weighted by Crippen LogP contribution is 2.33. The van der Waals surface area contributed by atoms with E-state index in [4.69, 9.17) is 4.74 Å². The van der Waals surface area contributed by atoms with E-state index in [0.717, 1.165) is 15.6 Å². The summed E-state index contributed by atoms with van der Waals surface area (Å²) >= 11 is 3.45. The van der Waals surface area contributed by atoms with Crippen molar-refractivity contribution in [1.29, 1.82) is 0 Å². The average molecular weight is 505 g/mol. The second kappa shape index (κ2) is 10.9. The van der Waals surface area contributed by atoms with Crippen molar-refractivity contribution in [3.05, 3.63) is 70.2 Å². The van der Waals surface area contributed by atoms with Crippen molar-refractivity contribution in [2.45, 2.75) is 65.8 Å². The van der Waals surface area contributed by atoms with Gasteiger partial charge in [0.25, 0.3) is 0 Å². The monoisotopic (exact) mass is 504 g/mol. The highest BCUT2D eigenvalue weighted by Gasteiger charge is 2.40. The quantitative estimate of drug-likeness (QED) is 0.443. The van der Waals surface area contributed by atoms with Crippen LogP contribution in [-0.4, -0.2) is 46.3 Å². The van der Waals surface area contributed by atoms with Crippen LogP contribution in [0.3, 0.4) is 0 Å². The first kappa shape index (κ1) is 26.5. The highest BCUT2D eigenvalue weighted by molar-refractivity contribution is 9.10. The summed E-state index contributed by atoms with van der Waals surface area (Å²) in [4.78, 5) is 15.3. The van der Waals surface area contributed by atoms with Crippen LogP contribution in [-0.2, 0) is 16.1 Å². The molecule has 0 unspecified atom stereocenters. The lowest BCUT2D eigenvalue weighted by molar-refractivity contribution is -0.208. The standard InChI is InChI=1S/C26H37BrN2O3/c1-25(2,3)22(18-32-17-19-11-9-8-10-12-19)29(31)23(20-13-15-21(27)16-14-20)24(30)28(7)26(4,5)6/h8-16,22-23,31H,17-18H2,1-7H3/t22-,23-/m0/s1. The van der Waals surface area contributed by atoms with Crippen LogP contribution in [0.25, 0.3) is 0 Å². The van der Waals surface area contributed by atoms with Crippen molar-refractivity contribution in [2.24, 2.45) is 5.41 Å². The molecule has 0 radical (unpaired) electrons. The highest BCUT2D eigenvalue weighted by atomic mass is 79.9. The smallest absolute Gasteiger partial charge is 0.247 e. The molecule has 2 aromatic rings. The third-order valence-electron chi connectivity index (χ3n) is 5.73. The van der Waals surface area contributed by atoms with Crippen LogP contribution < -0.4 is 0 Å². The van der Waals surface area contributed by atoms with E-state index in [1.54, 1.807) is 11.9 Å². The van der Waals surface area contributed by atoms with Crippen molar-refractivity contribution in [3.63, 3.8) is 0 Å². The van der Waals surface area contributed by atoms with E-state index in [2.05, 4.69) is 15.9 Å². The van der Waals surface area contributed by atoms with Crippen LogP contribution >= 0.6 is 15.9 Å². The van der Waals surface area contributed by atoms with Crippen LogP contribution in [0.15, 0.2) is 59.1 Å². The fraction of sp³-hybridized carbons (Fsp3) is 0.500. The molecule has 0 spiro atoms. The van der Waals surface area contributed by atoms with Crippen LogP contribution in [0.1, 0.15) is 58.7 Å². The first-order valence-corrected chi connectivity index (χ1v) is 11.7. The number of rotatable bonds is 8. The van der Waals surface area contributed by atoms with E-state index in [-0.39, 0.29) is 23.5 Å². The zero-order chi connectivity index (χ0) is 24.1. The molecule has 0 bridgehead atoms. The number of halogens is 1. The van der Waals surface area contributed by atoms with E-state index >= 15 is 0 Å². The van der Waals surface area contributed by atoms with E-state index in [0.29, 0.717) is 6.61 Å². The molecule has 2 aromatic carbocycles. The van der Waals surface area contributed by atoms with Gasteiger partial charge in [-0.2, -0.15) is 5.06 Å². The number of nitrogens with zero attached hydrogens (tertiary/aromatic N) is 2. The van der Waals surface area contributed by atoms with Gasteiger partial charge in [-0.15, -0.1) is 0 Å². The fourth-order valence-corrected chi connectivity index (χ4v) is 3.60. The van der Waals surface area contributed by atoms with E-state index < -0.39 is 12.1 Å². The minimum Gasteiger partial charge on any atom is -0.375 e. The minimum atomic E-state index is -0.850. The van der Waals surface area contributed by atoms with Crippen molar-refractivity contribution in [3.8, 4) is 0 Å². The first-order chi connectivity index (χ1) is 14.8. The summed E-state index contributed by atoms with van der Waals surface area (Å²) in [6, 6.07) is 16.2. The lowest BCUT2D eigenvalue weighted by Crippen LogP contribution is -2.53. The Kier molecular flexibility index (Phi) is 9.06. The third-order valence-corrected chi connectivity index (χ3v) is 6.26. The Balaban J connectivity index is 2.34. The fourth-order valence-electron chi connectivity index (χ4n) is 3.33. The maximum absolute atomic E-state index is 13.6. The maximum atomic E-state index is 13.6. The van der Waals surface area contributed by atoms with Crippen LogP contribution in [0.5, 0.6) is 0 Å². The van der Waals surface area contributed by atoms with Gasteiger partial charge in [0, 0.05) is 17.1 Å². The van der Waals surface area contributed by atoms with E-state index in [1.807, 2.05) is 96.1 Å². The van der Waals surface area contributed by atoms with Crippen LogP contribution in [0.2, 0.25) is 0 Å². The summed E-state index contributed by atoms with van der Waals surface area (Å²) in [5.41, 5.74) is 1.08. The Morgan fingerprint density at radius 3 is 2.06 bits per heavy atom. The maximum Gasteiger partial charge on any atom is 0.247 e. The van der Waals surface area contributed by atoms with Crippen molar-refractivity contribution in [2.75, 3.05) is 13.7 Å². The second-order valence-electron chi connectivity index (χ2n) is 10.3. The molecule has 2 rings (SSSR count). The van der Waals surface area contributed by atoms with Gasteiger partial charge in [-0.3, -0.25) is 4.79 Å². The lowest BCUT2D eigenvalue weighted by Gasteiger charge is -2.42. The Bertz CT molecular complexity index is 857. The first-order valence-electron chi connectivity index (χ1n) is 10.9. The number of amides is 1. The number of carbonyl (C=O) groups is 1. The van der Waals surface area contributed by atoms with Crippen molar-refractivity contribution < 1.29 is 14.7 Å². The van der Waals surface area contributed by atoms with E-state index in [1.165, 1.54) is 5.06 Å². The molecule has 2 atom stereocenters. The molecule has 1 N–H and O–H groups in total. The summed E-state index contributed by atoms with van der Waals surface area (Å²) in [5.74, 6) is -0.167. The molecule has 5 nitrogen and oxygen atoms in total. The number of hydrogen-bond acceptors (Lipinski definition) is 4. The topological polar surface area (TPSA) is 53.0 Å².